The van der Waals surface area contributed by atoms with Crippen LogP contribution >= 0.6 is 0 Å². The standard InChI is InChI=1S/C35H42O21/c1-35(48,9-21(38)39)10-22(40)51-12-20-25(42)28(45)30(47)34(55-20)56-32-26(43)23-15(37)7-14(49-2)8-18(23)52-31(32)13-4-5-16(17(6-13)50-3)53-33-29(46)27(44)24(41)19(11-36)54-33/h4-8,19-20,24-25,27-30,33-34,36-37,41-42,44-48H,9-12H2,1-3H3,(H,38,39). The van der Waals surface area contributed by atoms with Gasteiger partial charge in [-0.2, -0.15) is 0 Å². The second kappa shape index (κ2) is 17.1. The van der Waals surface area contributed by atoms with Crippen molar-refractivity contribution in [1.82, 2.24) is 0 Å². The fraction of sp³-hybridized carbons (Fsp3) is 0.514. The molecule has 308 valence electrons. The Labute approximate surface area is 315 Å². The lowest BCUT2D eigenvalue weighted by molar-refractivity contribution is -0.278. The van der Waals surface area contributed by atoms with Crippen LogP contribution in [0.25, 0.3) is 22.3 Å². The van der Waals surface area contributed by atoms with Crippen molar-refractivity contribution >= 4 is 22.9 Å². The maximum absolute atomic E-state index is 14.1. The van der Waals surface area contributed by atoms with Crippen molar-refractivity contribution in [2.45, 2.75) is 86.8 Å². The van der Waals surface area contributed by atoms with Gasteiger partial charge in [-0.15, -0.1) is 0 Å². The Hall–Kier alpha value is -4.81. The minimum atomic E-state index is -2.05. The van der Waals surface area contributed by atoms with Gasteiger partial charge in [0.1, 0.15) is 77.9 Å². The number of carbonyl (C=O) groups is 2. The van der Waals surface area contributed by atoms with Crippen molar-refractivity contribution < 1.29 is 98.2 Å². The molecule has 2 fully saturated rings. The summed E-state index contributed by atoms with van der Waals surface area (Å²) in [6, 6.07) is 6.26. The molecule has 2 saturated heterocycles. The Morgan fingerprint density at radius 1 is 0.804 bits per heavy atom. The molecule has 0 bridgehead atoms. The molecule has 1 aromatic heterocycles. The number of fused-ring (bicyclic) bond motifs is 1. The molecular formula is C35H42O21. The van der Waals surface area contributed by atoms with Crippen LogP contribution in [-0.2, 0) is 23.8 Å². The molecule has 21 heteroatoms. The number of phenols is 1. The monoisotopic (exact) mass is 798 g/mol. The van der Waals surface area contributed by atoms with Gasteiger partial charge in [0.15, 0.2) is 17.3 Å². The molecule has 11 atom stereocenters. The lowest BCUT2D eigenvalue weighted by Crippen LogP contribution is -2.60. The number of benzene rings is 2. The number of carbonyl (C=O) groups excluding carboxylic acids is 1. The van der Waals surface area contributed by atoms with Gasteiger partial charge >= 0.3 is 11.9 Å². The summed E-state index contributed by atoms with van der Waals surface area (Å²) in [5, 5.41) is 102. The van der Waals surface area contributed by atoms with Crippen LogP contribution in [0.2, 0.25) is 0 Å². The van der Waals surface area contributed by atoms with Crippen LogP contribution in [0.4, 0.5) is 0 Å². The number of methoxy groups -OCH3 is 2. The van der Waals surface area contributed by atoms with E-state index in [9.17, 15) is 60.3 Å². The summed E-state index contributed by atoms with van der Waals surface area (Å²) in [6.07, 6.45) is -19.2. The molecule has 0 aliphatic carbocycles. The highest BCUT2D eigenvalue weighted by molar-refractivity contribution is 5.88. The third-order valence-corrected chi connectivity index (χ3v) is 9.03. The van der Waals surface area contributed by atoms with Gasteiger partial charge in [-0.3, -0.25) is 14.4 Å². The zero-order valence-corrected chi connectivity index (χ0v) is 30.0. The Balaban J connectivity index is 1.50. The quantitative estimate of drug-likeness (QED) is 0.0767. The molecule has 10 N–H and O–H groups in total. The van der Waals surface area contributed by atoms with Crippen molar-refractivity contribution in [3.05, 3.63) is 40.6 Å². The number of carboxylic acid groups (broad SMARTS) is 1. The third-order valence-electron chi connectivity index (χ3n) is 9.03. The number of aliphatic carboxylic acids is 1. The molecule has 2 aliphatic rings. The first-order chi connectivity index (χ1) is 26.4. The van der Waals surface area contributed by atoms with E-state index in [1.165, 1.54) is 38.5 Å². The fourth-order valence-electron chi connectivity index (χ4n) is 6.06. The molecule has 0 amide bonds. The van der Waals surface area contributed by atoms with Crippen molar-refractivity contribution in [1.29, 1.82) is 0 Å². The van der Waals surface area contributed by atoms with Crippen LogP contribution in [0, 0.1) is 0 Å². The minimum Gasteiger partial charge on any atom is -0.507 e. The van der Waals surface area contributed by atoms with Gasteiger partial charge in [-0.25, -0.2) is 0 Å². The van der Waals surface area contributed by atoms with Gasteiger partial charge < -0.3 is 88.6 Å². The van der Waals surface area contributed by atoms with E-state index >= 15 is 0 Å². The fourth-order valence-corrected chi connectivity index (χ4v) is 6.06. The number of hydrogen-bond acceptors (Lipinski definition) is 20. The lowest BCUT2D eigenvalue weighted by atomic mass is 9.98. The largest absolute Gasteiger partial charge is 0.507 e. The van der Waals surface area contributed by atoms with E-state index < -0.39 is 127 Å². The van der Waals surface area contributed by atoms with Crippen LogP contribution in [0.5, 0.6) is 28.7 Å². The summed E-state index contributed by atoms with van der Waals surface area (Å²) in [6.45, 7) is -0.418. The Morgan fingerprint density at radius 2 is 1.43 bits per heavy atom. The zero-order valence-electron chi connectivity index (χ0n) is 30.0. The molecule has 2 aliphatic heterocycles. The van der Waals surface area contributed by atoms with E-state index in [-0.39, 0.29) is 34.2 Å². The van der Waals surface area contributed by atoms with E-state index in [1.807, 2.05) is 0 Å². The Morgan fingerprint density at radius 3 is 2.04 bits per heavy atom. The number of carboxylic acids is 1. The highest BCUT2D eigenvalue weighted by atomic mass is 16.7. The van der Waals surface area contributed by atoms with Crippen LogP contribution < -0.4 is 24.4 Å². The number of ether oxygens (including phenoxy) is 7. The average molecular weight is 799 g/mol. The van der Waals surface area contributed by atoms with Gasteiger partial charge in [0.2, 0.25) is 23.8 Å². The molecule has 21 nitrogen and oxygen atoms in total. The smallest absolute Gasteiger partial charge is 0.308 e. The first-order valence-corrected chi connectivity index (χ1v) is 16.9. The summed E-state index contributed by atoms with van der Waals surface area (Å²) in [5.41, 5.74) is -3.20. The van der Waals surface area contributed by atoms with E-state index in [1.54, 1.807) is 0 Å². The van der Waals surface area contributed by atoms with E-state index in [2.05, 4.69) is 0 Å². The predicted octanol–water partition coefficient (Wildman–Crippen LogP) is -2.29. The molecule has 0 radical (unpaired) electrons. The number of rotatable bonds is 14. The molecule has 3 aromatic rings. The second-order valence-corrected chi connectivity index (χ2v) is 13.3. The van der Waals surface area contributed by atoms with Gasteiger partial charge in [0.05, 0.1) is 39.3 Å². The maximum Gasteiger partial charge on any atom is 0.308 e. The molecule has 5 rings (SSSR count). The van der Waals surface area contributed by atoms with Crippen LogP contribution in [0.1, 0.15) is 19.8 Å². The second-order valence-electron chi connectivity index (χ2n) is 13.3. The highest BCUT2D eigenvalue weighted by Crippen LogP contribution is 2.41. The molecule has 56 heavy (non-hydrogen) atoms. The predicted molar refractivity (Wildman–Crippen MR) is 183 cm³/mol. The van der Waals surface area contributed by atoms with Crippen molar-refractivity contribution in [2.75, 3.05) is 27.4 Å². The van der Waals surface area contributed by atoms with Crippen LogP contribution in [0.3, 0.4) is 0 Å². The summed E-state index contributed by atoms with van der Waals surface area (Å²) in [4.78, 5) is 37.5. The van der Waals surface area contributed by atoms with Gasteiger partial charge in [-0.1, -0.05) is 0 Å². The SMILES string of the molecule is COc1cc(O)c2c(=O)c(OC3OC(COC(=O)CC(C)(O)CC(=O)O)C(O)C(O)C3O)c(-c3ccc(OC4OC(CO)C(O)C(O)C4O)c(OC)c3)oc2c1. The van der Waals surface area contributed by atoms with Gasteiger partial charge in [0, 0.05) is 17.7 Å². The maximum atomic E-state index is 14.1. The van der Waals surface area contributed by atoms with E-state index in [4.69, 9.17) is 42.7 Å². The van der Waals surface area contributed by atoms with Crippen molar-refractivity contribution in [3.8, 4) is 40.1 Å². The first-order valence-electron chi connectivity index (χ1n) is 16.9. The van der Waals surface area contributed by atoms with E-state index in [0.717, 1.165) is 13.0 Å². The van der Waals surface area contributed by atoms with Crippen molar-refractivity contribution in [2.24, 2.45) is 0 Å². The topological polar surface area (TPSA) is 331 Å². The zero-order chi connectivity index (χ0) is 41.2. The lowest BCUT2D eigenvalue weighted by Gasteiger charge is -2.40. The molecule has 11 unspecified atom stereocenters. The summed E-state index contributed by atoms with van der Waals surface area (Å²) < 4.78 is 44.3. The Bertz CT molecular complexity index is 1940. The molecular weight excluding hydrogens is 756 g/mol. The third kappa shape index (κ3) is 8.92. The summed E-state index contributed by atoms with van der Waals surface area (Å²) >= 11 is 0. The van der Waals surface area contributed by atoms with Gasteiger partial charge in [-0.05, 0) is 25.1 Å². The van der Waals surface area contributed by atoms with Crippen LogP contribution in [-0.4, -0.2) is 157 Å². The molecule has 0 saturated carbocycles. The molecule has 2 aromatic carbocycles. The highest BCUT2D eigenvalue weighted by Gasteiger charge is 2.47. The summed E-state index contributed by atoms with van der Waals surface area (Å²) in [5.74, 6) is -4.27. The number of aliphatic hydroxyl groups excluding tert-OH is 7. The van der Waals surface area contributed by atoms with Crippen molar-refractivity contribution in [3.63, 3.8) is 0 Å². The Kier molecular flexibility index (Phi) is 13.0. The number of esters is 1. The number of phenolic OH excluding ortho intramolecular Hbond substituents is 1. The number of aromatic hydroxyl groups is 1. The summed E-state index contributed by atoms with van der Waals surface area (Å²) in [7, 11) is 2.53. The minimum absolute atomic E-state index is 0.0177. The van der Waals surface area contributed by atoms with E-state index in [0.29, 0.717) is 0 Å². The number of hydrogen-bond donors (Lipinski definition) is 10. The average Bonchev–Trinajstić information content (AvgIpc) is 3.14. The van der Waals surface area contributed by atoms with Crippen LogP contribution in [0.15, 0.2) is 39.5 Å². The molecule has 0 spiro atoms. The molecule has 3 heterocycles. The van der Waals surface area contributed by atoms with Gasteiger partial charge in [0.25, 0.3) is 0 Å². The number of aliphatic hydroxyl groups is 8. The first kappa shape index (κ1) is 42.3. The normalized spacial score (nSPS) is 28.9.